The molecule has 3 rings (SSSR count). The Balaban J connectivity index is 2.08. The van der Waals surface area contributed by atoms with Crippen LogP contribution in [0.25, 0.3) is 11.1 Å². The van der Waals surface area contributed by atoms with Crippen LogP contribution in [0.3, 0.4) is 0 Å². The van der Waals surface area contributed by atoms with E-state index in [0.717, 1.165) is 6.07 Å². The molecule has 156 valence electrons. The number of benzene rings is 1. The van der Waals surface area contributed by atoms with Gasteiger partial charge in [-0.25, -0.2) is 13.6 Å². The van der Waals surface area contributed by atoms with E-state index in [4.69, 9.17) is 5.14 Å². The van der Waals surface area contributed by atoms with Crippen molar-refractivity contribution in [2.45, 2.75) is 23.9 Å². The minimum absolute atomic E-state index is 0.00670. The molecule has 2 aromatic rings. The summed E-state index contributed by atoms with van der Waals surface area (Å²) in [5, 5.41) is 5.07. The van der Waals surface area contributed by atoms with Crippen LogP contribution >= 0.6 is 0 Å². The van der Waals surface area contributed by atoms with Crippen molar-refractivity contribution in [3.63, 3.8) is 0 Å². The zero-order valence-electron chi connectivity index (χ0n) is 15.0. The Morgan fingerprint density at radius 1 is 0.966 bits per heavy atom. The number of hydrogen-bond acceptors (Lipinski definition) is 3. The second kappa shape index (κ2) is 7.49. The van der Waals surface area contributed by atoms with Gasteiger partial charge >= 0.3 is 6.18 Å². The van der Waals surface area contributed by atoms with Crippen molar-refractivity contribution in [3.05, 3.63) is 59.4 Å². The van der Waals surface area contributed by atoms with Gasteiger partial charge in [-0.2, -0.15) is 13.2 Å². The number of primary sulfonamides is 1. The summed E-state index contributed by atoms with van der Waals surface area (Å²) in [7, 11) is -3.91. The Morgan fingerprint density at radius 3 is 2.00 bits per heavy atom. The van der Waals surface area contributed by atoms with E-state index >= 15 is 0 Å². The lowest BCUT2D eigenvalue weighted by atomic mass is 9.86. The third kappa shape index (κ3) is 4.32. The van der Waals surface area contributed by atoms with E-state index in [1.54, 1.807) is 0 Å². The van der Waals surface area contributed by atoms with Crippen LogP contribution in [0, 0.1) is 5.41 Å². The van der Waals surface area contributed by atoms with Crippen LogP contribution in [0.4, 0.5) is 22.0 Å². The third-order valence-electron chi connectivity index (χ3n) is 4.97. The van der Waals surface area contributed by atoms with Gasteiger partial charge in [0.25, 0.3) is 0 Å². The van der Waals surface area contributed by atoms with Gasteiger partial charge in [-0.1, -0.05) is 12.1 Å². The molecule has 0 bridgehead atoms. The summed E-state index contributed by atoms with van der Waals surface area (Å²) in [4.78, 5) is 3.73. The van der Waals surface area contributed by atoms with Gasteiger partial charge in [0, 0.05) is 11.6 Å². The van der Waals surface area contributed by atoms with Crippen LogP contribution in [0.2, 0.25) is 0 Å². The Labute approximate surface area is 164 Å². The number of rotatable bonds is 5. The van der Waals surface area contributed by atoms with Gasteiger partial charge in [0.15, 0.2) is 0 Å². The number of pyridine rings is 1. The zero-order valence-corrected chi connectivity index (χ0v) is 15.8. The Morgan fingerprint density at radius 2 is 1.55 bits per heavy atom. The molecule has 0 saturated carbocycles. The number of hydrogen-bond donors (Lipinski definition) is 1. The van der Waals surface area contributed by atoms with Crippen molar-refractivity contribution in [3.8, 4) is 0 Å². The van der Waals surface area contributed by atoms with Gasteiger partial charge in [-0.3, -0.25) is 13.8 Å². The summed E-state index contributed by atoms with van der Waals surface area (Å²) >= 11 is 0. The van der Waals surface area contributed by atoms with Crippen molar-refractivity contribution in [1.29, 1.82) is 0 Å². The largest absolute Gasteiger partial charge is 0.417 e. The van der Waals surface area contributed by atoms with E-state index in [1.807, 2.05) is 0 Å². The molecule has 1 aromatic carbocycles. The van der Waals surface area contributed by atoms with Gasteiger partial charge in [0.1, 0.15) is 0 Å². The molecule has 1 aliphatic carbocycles. The Kier molecular flexibility index (Phi) is 5.52. The normalized spacial score (nSPS) is 17.0. The first kappa shape index (κ1) is 21.4. The molecule has 0 fully saturated rings. The summed E-state index contributed by atoms with van der Waals surface area (Å²) < 4.78 is 88.5. The molecule has 2 N–H and O–H groups in total. The van der Waals surface area contributed by atoms with Gasteiger partial charge in [-0.15, -0.1) is 0 Å². The summed E-state index contributed by atoms with van der Waals surface area (Å²) in [6, 6.07) is 7.46. The van der Waals surface area contributed by atoms with Crippen molar-refractivity contribution in [2.75, 3.05) is 13.3 Å². The molecule has 0 atom stereocenters. The average Bonchev–Trinajstić information content (AvgIpc) is 3.07. The summed E-state index contributed by atoms with van der Waals surface area (Å²) in [5.74, 6) is 0. The number of alkyl halides is 5. The van der Waals surface area contributed by atoms with E-state index in [1.165, 1.54) is 30.3 Å². The predicted molar refractivity (Wildman–Crippen MR) is 97.5 cm³/mol. The summed E-state index contributed by atoms with van der Waals surface area (Å²) in [6.07, 6.45) is -3.91. The molecule has 0 spiro atoms. The van der Waals surface area contributed by atoms with E-state index in [-0.39, 0.29) is 23.4 Å². The molecule has 0 aliphatic heterocycles. The topological polar surface area (TPSA) is 73.1 Å². The molecule has 1 aliphatic rings. The first-order chi connectivity index (χ1) is 13.5. The van der Waals surface area contributed by atoms with Gasteiger partial charge in [-0.05, 0) is 53.8 Å². The van der Waals surface area contributed by atoms with Crippen molar-refractivity contribution < 1.29 is 30.4 Å². The quantitative estimate of drug-likeness (QED) is 0.713. The van der Waals surface area contributed by atoms with Crippen LogP contribution in [0.15, 0.2) is 47.5 Å². The molecule has 1 aromatic heterocycles. The number of nitrogens with two attached hydrogens (primary N) is 1. The Hall–Kier alpha value is -2.33. The monoisotopic (exact) mass is 432 g/mol. The molecule has 4 nitrogen and oxygen atoms in total. The lowest BCUT2D eigenvalue weighted by molar-refractivity contribution is -0.137. The summed E-state index contributed by atoms with van der Waals surface area (Å²) in [6.45, 7) is -1.90. The second-order valence-corrected chi connectivity index (χ2v) is 8.64. The number of sulfonamides is 1. The fourth-order valence-corrected chi connectivity index (χ4v) is 3.87. The van der Waals surface area contributed by atoms with Crippen LogP contribution < -0.4 is 5.14 Å². The third-order valence-corrected chi connectivity index (χ3v) is 5.90. The van der Waals surface area contributed by atoms with E-state index < -0.39 is 40.5 Å². The maximum Gasteiger partial charge on any atom is 0.417 e. The molecule has 1 heterocycles. The molecule has 29 heavy (non-hydrogen) atoms. The van der Waals surface area contributed by atoms with Crippen LogP contribution in [0.5, 0.6) is 0 Å². The highest BCUT2D eigenvalue weighted by molar-refractivity contribution is 7.89. The molecular formula is C19H17F5N2O2S. The SMILES string of the molecule is NS(=O)(=O)c1ccc(C2=C(c3ccc(C(F)(F)F)cn3)CC(CF)(CF)C2)cc1. The maximum absolute atomic E-state index is 13.6. The van der Waals surface area contributed by atoms with E-state index in [0.29, 0.717) is 22.9 Å². The highest BCUT2D eigenvalue weighted by atomic mass is 32.2. The van der Waals surface area contributed by atoms with Crippen molar-refractivity contribution in [1.82, 2.24) is 4.98 Å². The van der Waals surface area contributed by atoms with Gasteiger partial charge < -0.3 is 0 Å². The minimum Gasteiger partial charge on any atom is -0.256 e. The van der Waals surface area contributed by atoms with E-state index in [9.17, 15) is 30.4 Å². The first-order valence-corrected chi connectivity index (χ1v) is 10.0. The summed E-state index contributed by atoms with van der Waals surface area (Å²) in [5.41, 5.74) is -0.634. The lowest BCUT2D eigenvalue weighted by Gasteiger charge is -2.22. The highest BCUT2D eigenvalue weighted by Gasteiger charge is 2.41. The Bertz CT molecular complexity index is 1030. The second-order valence-electron chi connectivity index (χ2n) is 7.08. The molecule has 0 saturated heterocycles. The number of allylic oxidation sites excluding steroid dienone is 2. The first-order valence-electron chi connectivity index (χ1n) is 8.50. The van der Waals surface area contributed by atoms with Gasteiger partial charge in [0.05, 0.1) is 29.5 Å². The van der Waals surface area contributed by atoms with Crippen LogP contribution in [0.1, 0.15) is 29.7 Å². The predicted octanol–water partition coefficient (Wildman–Crippen LogP) is 4.38. The molecule has 0 radical (unpaired) electrons. The van der Waals surface area contributed by atoms with Crippen molar-refractivity contribution in [2.24, 2.45) is 10.6 Å². The zero-order chi connectivity index (χ0) is 21.4. The number of aromatic nitrogens is 1. The van der Waals surface area contributed by atoms with Gasteiger partial charge in [0.2, 0.25) is 10.0 Å². The molecular weight excluding hydrogens is 415 g/mol. The molecule has 0 amide bonds. The fourth-order valence-electron chi connectivity index (χ4n) is 3.36. The smallest absolute Gasteiger partial charge is 0.256 e. The molecule has 0 unspecified atom stereocenters. The number of nitrogens with zero attached hydrogens (tertiary/aromatic N) is 1. The maximum atomic E-state index is 13.6. The highest BCUT2D eigenvalue weighted by Crippen LogP contribution is 2.50. The lowest BCUT2D eigenvalue weighted by Crippen LogP contribution is -2.22. The average molecular weight is 432 g/mol. The van der Waals surface area contributed by atoms with Crippen LogP contribution in [-0.4, -0.2) is 26.8 Å². The standard InChI is InChI=1S/C19H17F5N2O2S/c20-10-18(11-21)7-15(12-1-4-14(5-2-12)29(25,27)28)16(8-18)17-6-3-13(9-26-17)19(22,23)24/h1-6,9H,7-8,10-11H2,(H2,25,27,28). The van der Waals surface area contributed by atoms with E-state index in [2.05, 4.69) is 4.98 Å². The van der Waals surface area contributed by atoms with Crippen molar-refractivity contribution >= 4 is 21.2 Å². The minimum atomic E-state index is -4.55. The number of halogens is 5. The van der Waals surface area contributed by atoms with Crippen LogP contribution in [-0.2, 0) is 16.2 Å². The fraction of sp³-hybridized carbons (Fsp3) is 0.316. The molecule has 10 heteroatoms.